The molecular weight excluding hydrogens is 402 g/mol. The fourth-order valence-electron chi connectivity index (χ4n) is 2.40. The van der Waals surface area contributed by atoms with E-state index in [4.69, 9.17) is 20.2 Å². The molecule has 2 heterocycles. The summed E-state index contributed by atoms with van der Waals surface area (Å²) in [6.45, 7) is 1.90. The lowest BCUT2D eigenvalue weighted by molar-refractivity contribution is -0.117. The molecule has 9 heteroatoms. The maximum Gasteiger partial charge on any atom is 0.222 e. The summed E-state index contributed by atoms with van der Waals surface area (Å²) in [5.41, 5.74) is 8.11. The highest BCUT2D eigenvalue weighted by atomic mass is 32.2. The third-order valence-corrected chi connectivity index (χ3v) is 7.01. The van der Waals surface area contributed by atoms with Gasteiger partial charge in [-0.3, -0.25) is 4.79 Å². The van der Waals surface area contributed by atoms with Crippen molar-refractivity contribution in [3.05, 3.63) is 39.8 Å². The summed E-state index contributed by atoms with van der Waals surface area (Å²) in [5, 5.41) is 2.97. The number of primary amides is 1. The quantitative estimate of drug-likeness (QED) is 0.555. The summed E-state index contributed by atoms with van der Waals surface area (Å²) in [6.07, 6.45) is 0.240. The van der Waals surface area contributed by atoms with E-state index < -0.39 is 0 Å². The summed E-state index contributed by atoms with van der Waals surface area (Å²) in [7, 11) is 3.24. The molecule has 0 aliphatic heterocycles. The number of thioether (sulfide) groups is 1. The first-order valence-corrected chi connectivity index (χ1v) is 10.7. The van der Waals surface area contributed by atoms with E-state index in [0.717, 1.165) is 31.2 Å². The second-order valence-electron chi connectivity index (χ2n) is 5.63. The monoisotopic (exact) mass is 421 g/mol. The van der Waals surface area contributed by atoms with E-state index in [9.17, 15) is 4.79 Å². The number of nitrogens with zero attached hydrogens (tertiary/aromatic N) is 2. The van der Waals surface area contributed by atoms with Crippen molar-refractivity contribution in [2.75, 3.05) is 14.2 Å². The van der Waals surface area contributed by atoms with Crippen molar-refractivity contribution in [3.63, 3.8) is 0 Å². The third kappa shape index (κ3) is 4.79. The lowest BCUT2D eigenvalue weighted by Gasteiger charge is -2.08. The first-order chi connectivity index (χ1) is 13.0. The Kier molecular flexibility index (Phi) is 6.35. The highest BCUT2D eigenvalue weighted by Gasteiger charge is 2.13. The van der Waals surface area contributed by atoms with E-state index in [1.807, 2.05) is 30.5 Å². The van der Waals surface area contributed by atoms with Crippen LogP contribution in [-0.4, -0.2) is 30.1 Å². The van der Waals surface area contributed by atoms with Gasteiger partial charge in [0.25, 0.3) is 0 Å². The molecule has 3 rings (SSSR count). The van der Waals surface area contributed by atoms with Crippen molar-refractivity contribution < 1.29 is 14.3 Å². The minimum absolute atomic E-state index is 0.240. The third-order valence-electron chi connectivity index (χ3n) is 3.73. The van der Waals surface area contributed by atoms with Crippen LogP contribution >= 0.6 is 34.4 Å². The van der Waals surface area contributed by atoms with Crippen molar-refractivity contribution in [2.24, 2.45) is 5.73 Å². The Morgan fingerprint density at radius 3 is 2.70 bits per heavy atom. The second kappa shape index (κ2) is 8.73. The number of ether oxygens (including phenoxy) is 2. The SMILES string of the molecule is COc1ccc(-c2nc(CSc3nc(C)c(CC(N)=O)s3)cs2)cc1OC. The molecule has 0 saturated heterocycles. The molecule has 142 valence electrons. The van der Waals surface area contributed by atoms with Gasteiger partial charge in [-0.25, -0.2) is 9.97 Å². The minimum Gasteiger partial charge on any atom is -0.493 e. The molecule has 0 aliphatic carbocycles. The largest absolute Gasteiger partial charge is 0.493 e. The summed E-state index contributed by atoms with van der Waals surface area (Å²) in [5.74, 6) is 1.76. The summed E-state index contributed by atoms with van der Waals surface area (Å²) in [4.78, 5) is 21.2. The molecule has 0 unspecified atom stereocenters. The topological polar surface area (TPSA) is 87.3 Å². The fraction of sp³-hybridized carbons (Fsp3) is 0.278. The van der Waals surface area contributed by atoms with Crippen LogP contribution in [0.1, 0.15) is 16.3 Å². The Balaban J connectivity index is 1.69. The molecule has 0 spiro atoms. The Labute approximate surface area is 169 Å². The number of carbonyl (C=O) groups excluding carboxylic acids is 1. The van der Waals surface area contributed by atoms with Gasteiger partial charge in [-0.05, 0) is 25.1 Å². The van der Waals surface area contributed by atoms with Gasteiger partial charge in [0.2, 0.25) is 5.91 Å². The molecular formula is C18H19N3O3S3. The molecule has 0 radical (unpaired) electrons. The predicted molar refractivity (Wildman–Crippen MR) is 110 cm³/mol. The molecule has 1 amide bonds. The molecule has 2 N–H and O–H groups in total. The van der Waals surface area contributed by atoms with Gasteiger partial charge in [0.05, 0.1) is 32.0 Å². The van der Waals surface area contributed by atoms with E-state index in [1.165, 1.54) is 11.3 Å². The zero-order chi connectivity index (χ0) is 19.4. The van der Waals surface area contributed by atoms with Crippen molar-refractivity contribution in [3.8, 4) is 22.1 Å². The maximum atomic E-state index is 11.1. The molecule has 1 aromatic carbocycles. The van der Waals surface area contributed by atoms with Crippen LogP contribution in [0, 0.1) is 6.92 Å². The molecule has 6 nitrogen and oxygen atoms in total. The number of amides is 1. The van der Waals surface area contributed by atoms with Crippen LogP contribution in [-0.2, 0) is 17.0 Å². The van der Waals surface area contributed by atoms with Gasteiger partial charge >= 0.3 is 0 Å². The van der Waals surface area contributed by atoms with Crippen LogP contribution in [0.15, 0.2) is 27.9 Å². The number of rotatable bonds is 8. The second-order valence-corrected chi connectivity index (χ2v) is 8.80. The summed E-state index contributed by atoms with van der Waals surface area (Å²) < 4.78 is 11.6. The standard InChI is InChI=1S/C18H19N3O3S3/c1-10-15(7-16(19)22)27-18(20-10)26-9-12-8-25-17(21-12)11-4-5-13(23-2)14(6-11)24-3/h4-6,8H,7,9H2,1-3H3,(H2,19,22). The van der Waals surface area contributed by atoms with E-state index in [-0.39, 0.29) is 12.3 Å². The van der Waals surface area contributed by atoms with Crippen LogP contribution < -0.4 is 15.2 Å². The van der Waals surface area contributed by atoms with Gasteiger partial charge in [-0.15, -0.1) is 22.7 Å². The fourth-order valence-corrected chi connectivity index (χ4v) is 5.45. The zero-order valence-corrected chi connectivity index (χ0v) is 17.6. The zero-order valence-electron chi connectivity index (χ0n) is 15.1. The van der Waals surface area contributed by atoms with Crippen LogP contribution in [0.25, 0.3) is 10.6 Å². The van der Waals surface area contributed by atoms with E-state index in [2.05, 4.69) is 4.98 Å². The first-order valence-electron chi connectivity index (χ1n) is 8.04. The van der Waals surface area contributed by atoms with Crippen molar-refractivity contribution >= 4 is 40.3 Å². The van der Waals surface area contributed by atoms with Crippen LogP contribution in [0.4, 0.5) is 0 Å². The molecule has 0 bridgehead atoms. The molecule has 0 aliphatic rings. The minimum atomic E-state index is -0.336. The number of benzene rings is 1. The van der Waals surface area contributed by atoms with Gasteiger partial charge in [-0.2, -0.15) is 0 Å². The predicted octanol–water partition coefficient (Wildman–Crippen LogP) is 3.91. The van der Waals surface area contributed by atoms with Crippen LogP contribution in [0.2, 0.25) is 0 Å². The molecule has 3 aromatic rings. The number of methoxy groups -OCH3 is 2. The van der Waals surface area contributed by atoms with E-state index in [0.29, 0.717) is 17.3 Å². The van der Waals surface area contributed by atoms with E-state index >= 15 is 0 Å². The summed E-state index contributed by atoms with van der Waals surface area (Å²) in [6, 6.07) is 5.77. The van der Waals surface area contributed by atoms with Gasteiger partial charge in [0.15, 0.2) is 15.8 Å². The number of hydrogen-bond donors (Lipinski definition) is 1. The highest BCUT2D eigenvalue weighted by Crippen LogP contribution is 2.35. The number of nitrogens with two attached hydrogens (primary N) is 1. The molecule has 0 saturated carbocycles. The number of carbonyl (C=O) groups is 1. The van der Waals surface area contributed by atoms with Crippen LogP contribution in [0.5, 0.6) is 11.5 Å². The molecule has 2 aromatic heterocycles. The van der Waals surface area contributed by atoms with Crippen LogP contribution in [0.3, 0.4) is 0 Å². The molecule has 0 fully saturated rings. The van der Waals surface area contributed by atoms with Gasteiger partial charge in [0.1, 0.15) is 5.01 Å². The van der Waals surface area contributed by atoms with Crippen molar-refractivity contribution in [1.29, 1.82) is 0 Å². The number of hydrogen-bond acceptors (Lipinski definition) is 8. The van der Waals surface area contributed by atoms with E-state index in [1.54, 1.807) is 37.3 Å². The molecule has 27 heavy (non-hydrogen) atoms. The van der Waals surface area contributed by atoms with Crippen molar-refractivity contribution in [1.82, 2.24) is 9.97 Å². The highest BCUT2D eigenvalue weighted by molar-refractivity contribution is 8.00. The summed E-state index contributed by atoms with van der Waals surface area (Å²) >= 11 is 4.72. The number of aromatic nitrogens is 2. The smallest absolute Gasteiger partial charge is 0.222 e. The first kappa shape index (κ1) is 19.7. The molecule has 0 atom stereocenters. The maximum absolute atomic E-state index is 11.1. The normalized spacial score (nSPS) is 10.8. The average Bonchev–Trinajstić information content (AvgIpc) is 3.26. The van der Waals surface area contributed by atoms with Gasteiger partial charge in [-0.1, -0.05) is 11.8 Å². The Morgan fingerprint density at radius 1 is 1.22 bits per heavy atom. The lowest BCUT2D eigenvalue weighted by Crippen LogP contribution is -2.13. The number of thiazole rings is 2. The lowest BCUT2D eigenvalue weighted by atomic mass is 10.2. The van der Waals surface area contributed by atoms with Gasteiger partial charge in [0, 0.05) is 21.6 Å². The number of aryl methyl sites for hydroxylation is 1. The van der Waals surface area contributed by atoms with Crippen molar-refractivity contribution in [2.45, 2.75) is 23.4 Å². The Morgan fingerprint density at radius 2 is 2.00 bits per heavy atom. The Bertz CT molecular complexity index is 952. The van der Waals surface area contributed by atoms with Gasteiger partial charge < -0.3 is 15.2 Å². The Hall–Kier alpha value is -2.10. The average molecular weight is 422 g/mol.